The van der Waals surface area contributed by atoms with Crippen LogP contribution >= 0.6 is 0 Å². The molecular formula is C23H25FN4O4. The average molecular weight is 440 g/mol. The van der Waals surface area contributed by atoms with Crippen LogP contribution in [-0.4, -0.2) is 51.4 Å². The molecule has 8 nitrogen and oxygen atoms in total. The number of nitrogens with one attached hydrogen (secondary N) is 2. The molecule has 0 aliphatic heterocycles. The second kappa shape index (κ2) is 9.19. The van der Waals surface area contributed by atoms with E-state index in [-0.39, 0.29) is 35.2 Å². The normalized spacial score (nSPS) is 11.0. The number of carbonyl (C=O) groups excluding carboxylic acids is 2. The van der Waals surface area contributed by atoms with E-state index in [1.54, 1.807) is 56.2 Å². The van der Waals surface area contributed by atoms with Crippen LogP contribution in [0.2, 0.25) is 0 Å². The molecule has 0 saturated heterocycles. The second-order valence-corrected chi connectivity index (χ2v) is 7.84. The molecule has 0 fully saturated rings. The van der Waals surface area contributed by atoms with Crippen LogP contribution in [0.25, 0.3) is 22.3 Å². The van der Waals surface area contributed by atoms with Crippen LogP contribution in [0, 0.1) is 5.82 Å². The van der Waals surface area contributed by atoms with Crippen LogP contribution in [0.15, 0.2) is 45.6 Å². The molecule has 0 saturated carbocycles. The Balaban J connectivity index is 2.15. The van der Waals surface area contributed by atoms with Crippen molar-refractivity contribution in [2.75, 3.05) is 50.3 Å². The summed E-state index contributed by atoms with van der Waals surface area (Å²) in [6.07, 6.45) is 0. The Morgan fingerprint density at radius 1 is 1.06 bits per heavy atom. The van der Waals surface area contributed by atoms with Gasteiger partial charge in [0.1, 0.15) is 17.1 Å². The first-order valence-corrected chi connectivity index (χ1v) is 9.87. The van der Waals surface area contributed by atoms with E-state index in [0.717, 1.165) is 6.07 Å². The van der Waals surface area contributed by atoms with Gasteiger partial charge in [-0.1, -0.05) is 6.07 Å². The predicted molar refractivity (Wildman–Crippen MR) is 124 cm³/mol. The molecule has 0 aliphatic rings. The number of hydrogen-bond donors (Lipinski definition) is 2. The molecule has 1 aromatic heterocycles. The smallest absolute Gasteiger partial charge is 0.238 e. The van der Waals surface area contributed by atoms with Crippen molar-refractivity contribution in [3.05, 3.63) is 52.4 Å². The van der Waals surface area contributed by atoms with E-state index >= 15 is 0 Å². The number of fused-ring (bicyclic) bond motifs is 1. The van der Waals surface area contributed by atoms with Gasteiger partial charge in [-0.2, -0.15) is 0 Å². The molecule has 9 heteroatoms. The minimum Gasteiger partial charge on any atom is -0.454 e. The number of benzene rings is 2. The topological polar surface area (TPSA) is 94.9 Å². The lowest BCUT2D eigenvalue weighted by Crippen LogP contribution is -2.27. The quantitative estimate of drug-likeness (QED) is 0.612. The number of anilines is 3. The third kappa shape index (κ3) is 4.78. The molecule has 168 valence electrons. The number of rotatable bonds is 6. The first-order chi connectivity index (χ1) is 15.1. The molecular weight excluding hydrogens is 415 g/mol. The van der Waals surface area contributed by atoms with E-state index in [4.69, 9.17) is 4.42 Å². The lowest BCUT2D eigenvalue weighted by Gasteiger charge is -2.17. The van der Waals surface area contributed by atoms with Crippen LogP contribution in [0.5, 0.6) is 0 Å². The predicted octanol–water partition coefficient (Wildman–Crippen LogP) is 3.12. The molecule has 0 bridgehead atoms. The first kappa shape index (κ1) is 23.0. The zero-order valence-corrected chi connectivity index (χ0v) is 18.6. The van der Waals surface area contributed by atoms with Crippen molar-refractivity contribution in [1.29, 1.82) is 0 Å². The third-order valence-corrected chi connectivity index (χ3v) is 4.65. The van der Waals surface area contributed by atoms with E-state index in [0.29, 0.717) is 16.7 Å². The van der Waals surface area contributed by atoms with Gasteiger partial charge in [0.2, 0.25) is 17.2 Å². The van der Waals surface area contributed by atoms with Gasteiger partial charge < -0.3 is 24.9 Å². The summed E-state index contributed by atoms with van der Waals surface area (Å²) < 4.78 is 20.7. The second-order valence-electron chi connectivity index (χ2n) is 7.84. The molecule has 0 unspecified atom stereocenters. The van der Waals surface area contributed by atoms with Crippen molar-refractivity contribution in [3.8, 4) is 11.3 Å². The van der Waals surface area contributed by atoms with E-state index in [9.17, 15) is 18.8 Å². The van der Waals surface area contributed by atoms with Crippen molar-refractivity contribution in [1.82, 2.24) is 4.90 Å². The molecule has 0 aliphatic carbocycles. The molecule has 0 radical (unpaired) electrons. The summed E-state index contributed by atoms with van der Waals surface area (Å²) in [6, 6.07) is 9.19. The lowest BCUT2D eigenvalue weighted by atomic mass is 10.1. The number of halogens is 1. The maximum Gasteiger partial charge on any atom is 0.238 e. The van der Waals surface area contributed by atoms with Gasteiger partial charge in [0.25, 0.3) is 0 Å². The molecule has 2 aromatic carbocycles. The maximum atomic E-state index is 14.8. The van der Waals surface area contributed by atoms with Gasteiger partial charge in [-0.25, -0.2) is 4.39 Å². The van der Waals surface area contributed by atoms with Gasteiger partial charge in [-0.05, 0) is 44.4 Å². The van der Waals surface area contributed by atoms with Gasteiger partial charge in [-0.3, -0.25) is 14.4 Å². The lowest BCUT2D eigenvalue weighted by molar-refractivity contribution is -0.117. The molecule has 1 heterocycles. The van der Waals surface area contributed by atoms with Gasteiger partial charge in [0.15, 0.2) is 5.76 Å². The summed E-state index contributed by atoms with van der Waals surface area (Å²) in [5.41, 5.74) is 0.645. The monoisotopic (exact) mass is 440 g/mol. The average Bonchev–Trinajstić information content (AvgIpc) is 2.70. The summed E-state index contributed by atoms with van der Waals surface area (Å²) in [7, 11) is 7.04. The van der Waals surface area contributed by atoms with Crippen LogP contribution in [0.3, 0.4) is 0 Å². The van der Waals surface area contributed by atoms with Gasteiger partial charge >= 0.3 is 0 Å². The molecule has 2 amide bonds. The molecule has 2 N–H and O–H groups in total. The van der Waals surface area contributed by atoms with Crippen LogP contribution < -0.4 is 21.0 Å². The number of likely N-dealkylation sites (N-methyl/N-ethyl adjacent to an activating group) is 1. The van der Waals surface area contributed by atoms with E-state index in [2.05, 4.69) is 10.6 Å². The van der Waals surface area contributed by atoms with Crippen molar-refractivity contribution < 1.29 is 18.4 Å². The standard InChI is InChI=1S/C23H25FN4O4/c1-13(29)25-21-22(31)20-17(28(4)5)7-6-8-18(20)32-23(21)14-9-10-16(15(24)11-14)26-19(30)12-27(2)3/h6-11H,12H2,1-5H3,(H,25,29)(H,26,30). The first-order valence-electron chi connectivity index (χ1n) is 9.87. The zero-order chi connectivity index (χ0) is 23.6. The number of hydrogen-bond acceptors (Lipinski definition) is 6. The van der Waals surface area contributed by atoms with E-state index < -0.39 is 17.2 Å². The van der Waals surface area contributed by atoms with Gasteiger partial charge in [-0.15, -0.1) is 0 Å². The Bertz CT molecular complexity index is 1250. The number of amides is 2. The highest BCUT2D eigenvalue weighted by Crippen LogP contribution is 2.34. The van der Waals surface area contributed by atoms with Crippen LogP contribution in [-0.2, 0) is 9.59 Å². The summed E-state index contributed by atoms with van der Waals surface area (Å²) in [4.78, 5) is 40.5. The van der Waals surface area contributed by atoms with Crippen molar-refractivity contribution in [2.24, 2.45) is 0 Å². The fourth-order valence-corrected chi connectivity index (χ4v) is 3.32. The summed E-state index contributed by atoms with van der Waals surface area (Å²) >= 11 is 0. The Labute approximate surface area is 184 Å². The van der Waals surface area contributed by atoms with Crippen molar-refractivity contribution >= 4 is 39.8 Å². The van der Waals surface area contributed by atoms with Crippen molar-refractivity contribution in [2.45, 2.75) is 6.92 Å². The van der Waals surface area contributed by atoms with Gasteiger partial charge in [0, 0.05) is 26.6 Å². The Morgan fingerprint density at radius 3 is 2.38 bits per heavy atom. The molecule has 0 atom stereocenters. The number of carbonyl (C=O) groups is 2. The summed E-state index contributed by atoms with van der Waals surface area (Å²) in [6.45, 7) is 1.37. The fourth-order valence-electron chi connectivity index (χ4n) is 3.32. The minimum absolute atomic E-state index is 0.000271. The van der Waals surface area contributed by atoms with Gasteiger partial charge in [0.05, 0.1) is 23.3 Å². The van der Waals surface area contributed by atoms with Crippen molar-refractivity contribution in [3.63, 3.8) is 0 Å². The number of nitrogens with zero attached hydrogens (tertiary/aromatic N) is 2. The molecule has 32 heavy (non-hydrogen) atoms. The summed E-state index contributed by atoms with van der Waals surface area (Å²) in [5, 5.41) is 5.33. The largest absolute Gasteiger partial charge is 0.454 e. The van der Waals surface area contributed by atoms with E-state index in [1.807, 2.05) is 0 Å². The third-order valence-electron chi connectivity index (χ3n) is 4.65. The minimum atomic E-state index is -0.701. The van der Waals surface area contributed by atoms with Crippen LogP contribution in [0.4, 0.5) is 21.5 Å². The summed E-state index contributed by atoms with van der Waals surface area (Å²) in [5.74, 6) is -1.51. The highest BCUT2D eigenvalue weighted by atomic mass is 19.1. The molecule has 0 spiro atoms. The van der Waals surface area contributed by atoms with E-state index in [1.165, 1.54) is 19.1 Å². The zero-order valence-electron chi connectivity index (χ0n) is 18.6. The molecule has 3 aromatic rings. The highest BCUT2D eigenvalue weighted by Gasteiger charge is 2.21. The maximum absolute atomic E-state index is 14.8. The fraction of sp³-hybridized carbons (Fsp3) is 0.261. The highest BCUT2D eigenvalue weighted by molar-refractivity contribution is 6.00. The Hall–Kier alpha value is -3.72. The molecule has 3 rings (SSSR count). The Morgan fingerprint density at radius 2 is 1.78 bits per heavy atom. The van der Waals surface area contributed by atoms with Crippen LogP contribution in [0.1, 0.15) is 6.92 Å². The Kier molecular flexibility index (Phi) is 6.59. The SMILES string of the molecule is CC(=O)Nc1c(-c2ccc(NC(=O)CN(C)C)c(F)c2)oc2cccc(N(C)C)c2c1=O.